The third kappa shape index (κ3) is 2.99. The van der Waals surface area contributed by atoms with Gasteiger partial charge in [-0.1, -0.05) is 20.8 Å². The van der Waals surface area contributed by atoms with Crippen LogP contribution in [-0.2, 0) is 6.18 Å². The van der Waals surface area contributed by atoms with E-state index in [0.717, 1.165) is 12.1 Å². The quantitative estimate of drug-likeness (QED) is 0.768. The highest BCUT2D eigenvalue weighted by atomic mass is 19.4. The minimum absolute atomic E-state index is 0.0921. The fourth-order valence-electron chi connectivity index (χ4n) is 1.30. The lowest BCUT2D eigenvalue weighted by Crippen LogP contribution is -2.20. The lowest BCUT2D eigenvalue weighted by molar-refractivity contribution is -0.137. The van der Waals surface area contributed by atoms with Crippen molar-refractivity contribution in [2.24, 2.45) is 5.41 Å². The number of phenolic OH excluding ortho intramolecular Hbond substituents is 1. The fourth-order valence-corrected chi connectivity index (χ4v) is 1.30. The van der Waals surface area contributed by atoms with Crippen LogP contribution in [0.1, 0.15) is 36.7 Å². The minimum Gasteiger partial charge on any atom is -0.507 e. The molecule has 0 radical (unpaired) electrons. The van der Waals surface area contributed by atoms with Crippen LogP contribution in [0.2, 0.25) is 0 Å². The van der Waals surface area contributed by atoms with Gasteiger partial charge < -0.3 is 5.11 Å². The summed E-state index contributed by atoms with van der Waals surface area (Å²) in [6.07, 6.45) is -4.53. The summed E-state index contributed by atoms with van der Waals surface area (Å²) < 4.78 is 37.0. The summed E-state index contributed by atoms with van der Waals surface area (Å²) >= 11 is 0. The Bertz CT molecular complexity index is 442. The van der Waals surface area contributed by atoms with E-state index in [9.17, 15) is 23.1 Å². The lowest BCUT2D eigenvalue weighted by Gasteiger charge is -2.18. The molecule has 0 amide bonds. The number of aromatic hydroxyl groups is 1. The van der Waals surface area contributed by atoms with Crippen LogP contribution < -0.4 is 0 Å². The Labute approximate surface area is 97.1 Å². The number of phenols is 1. The number of benzene rings is 1. The molecule has 0 aromatic heterocycles. The van der Waals surface area contributed by atoms with Gasteiger partial charge in [-0.15, -0.1) is 0 Å². The number of hydrogen-bond acceptors (Lipinski definition) is 2. The summed E-state index contributed by atoms with van der Waals surface area (Å²) in [4.78, 5) is 11.8. The lowest BCUT2D eigenvalue weighted by atomic mass is 9.86. The predicted molar refractivity (Wildman–Crippen MR) is 56.9 cm³/mol. The molecule has 1 aromatic rings. The molecule has 0 aliphatic heterocycles. The highest BCUT2D eigenvalue weighted by Gasteiger charge is 2.32. The van der Waals surface area contributed by atoms with Gasteiger partial charge in [-0.25, -0.2) is 0 Å². The number of carbonyl (C=O) groups excluding carboxylic acids is 1. The molecule has 5 heteroatoms. The number of hydrogen-bond donors (Lipinski definition) is 1. The number of ketones is 1. The number of rotatable bonds is 1. The van der Waals surface area contributed by atoms with Crippen LogP contribution in [0.5, 0.6) is 5.75 Å². The molecule has 0 unspecified atom stereocenters. The normalized spacial score (nSPS) is 12.6. The van der Waals surface area contributed by atoms with Gasteiger partial charge in [-0.3, -0.25) is 4.79 Å². The molecule has 1 rings (SSSR count). The van der Waals surface area contributed by atoms with Crippen LogP contribution in [0.4, 0.5) is 13.2 Å². The van der Waals surface area contributed by atoms with Crippen molar-refractivity contribution in [3.8, 4) is 5.75 Å². The first-order valence-electron chi connectivity index (χ1n) is 4.98. The summed E-state index contributed by atoms with van der Waals surface area (Å²) in [5.41, 5.74) is -1.82. The monoisotopic (exact) mass is 246 g/mol. The molecule has 0 heterocycles. The Kier molecular flexibility index (Phi) is 3.23. The third-order valence-electron chi connectivity index (χ3n) is 2.25. The number of carbonyl (C=O) groups is 1. The molecule has 1 aromatic carbocycles. The SMILES string of the molecule is CC(C)(C)C(=O)c1ccc(C(F)(F)F)cc1O. The summed E-state index contributed by atoms with van der Waals surface area (Å²) in [6, 6.07) is 2.36. The van der Waals surface area contributed by atoms with E-state index in [1.807, 2.05) is 0 Å². The Morgan fingerprint density at radius 2 is 1.71 bits per heavy atom. The maximum Gasteiger partial charge on any atom is 0.416 e. The molecular weight excluding hydrogens is 233 g/mol. The number of Topliss-reactive ketones (excluding diaryl/α,β-unsaturated/α-hetero) is 1. The van der Waals surface area contributed by atoms with E-state index in [1.165, 1.54) is 0 Å². The second-order valence-corrected chi connectivity index (χ2v) is 4.81. The van der Waals surface area contributed by atoms with Crippen LogP contribution in [0.3, 0.4) is 0 Å². The van der Waals surface area contributed by atoms with Crippen LogP contribution >= 0.6 is 0 Å². The van der Waals surface area contributed by atoms with Crippen LogP contribution in [0.25, 0.3) is 0 Å². The highest BCUT2D eigenvalue weighted by Crippen LogP contribution is 2.34. The van der Waals surface area contributed by atoms with E-state index >= 15 is 0 Å². The molecular formula is C12H13F3O2. The summed E-state index contributed by atoms with van der Waals surface area (Å²) in [5.74, 6) is -1.04. The second-order valence-electron chi connectivity index (χ2n) is 4.81. The van der Waals surface area contributed by atoms with Gasteiger partial charge in [-0.2, -0.15) is 13.2 Å². The Morgan fingerprint density at radius 3 is 2.06 bits per heavy atom. The van der Waals surface area contributed by atoms with Crippen molar-refractivity contribution in [3.63, 3.8) is 0 Å². The van der Waals surface area contributed by atoms with E-state index in [0.29, 0.717) is 6.07 Å². The van der Waals surface area contributed by atoms with Gasteiger partial charge in [-0.05, 0) is 18.2 Å². The maximum absolute atomic E-state index is 12.3. The van der Waals surface area contributed by atoms with Crippen molar-refractivity contribution >= 4 is 5.78 Å². The summed E-state index contributed by atoms with van der Waals surface area (Å²) in [5, 5.41) is 9.47. The van der Waals surface area contributed by atoms with Gasteiger partial charge in [0.2, 0.25) is 0 Å². The van der Waals surface area contributed by atoms with E-state index in [4.69, 9.17) is 0 Å². The van der Waals surface area contributed by atoms with Gasteiger partial charge in [0.25, 0.3) is 0 Å². The maximum atomic E-state index is 12.3. The van der Waals surface area contributed by atoms with Crippen LogP contribution in [0, 0.1) is 5.41 Å². The van der Waals surface area contributed by atoms with Gasteiger partial charge in [0.05, 0.1) is 11.1 Å². The molecule has 2 nitrogen and oxygen atoms in total. The molecule has 0 bridgehead atoms. The zero-order valence-electron chi connectivity index (χ0n) is 9.72. The molecule has 0 fully saturated rings. The third-order valence-corrected chi connectivity index (χ3v) is 2.25. The summed E-state index contributed by atoms with van der Waals surface area (Å²) in [6.45, 7) is 4.89. The van der Waals surface area contributed by atoms with Gasteiger partial charge >= 0.3 is 6.18 Å². The van der Waals surface area contributed by atoms with Crippen LogP contribution in [-0.4, -0.2) is 10.9 Å². The van der Waals surface area contributed by atoms with E-state index < -0.39 is 28.7 Å². The molecule has 0 spiro atoms. The van der Waals surface area contributed by atoms with E-state index in [2.05, 4.69) is 0 Å². The molecule has 0 saturated heterocycles. The Balaban J connectivity index is 3.20. The molecule has 0 saturated carbocycles. The van der Waals surface area contributed by atoms with Gasteiger partial charge in [0.1, 0.15) is 5.75 Å². The zero-order valence-corrected chi connectivity index (χ0v) is 9.72. The van der Waals surface area contributed by atoms with Crippen molar-refractivity contribution in [1.82, 2.24) is 0 Å². The standard InChI is InChI=1S/C12H13F3O2/c1-11(2,3)10(17)8-5-4-7(6-9(8)16)12(13,14)15/h4-6,16H,1-3H3. The molecule has 17 heavy (non-hydrogen) atoms. The average Bonchev–Trinajstić information content (AvgIpc) is 2.13. The first kappa shape index (κ1) is 13.5. The highest BCUT2D eigenvalue weighted by molar-refractivity contribution is 6.02. The van der Waals surface area contributed by atoms with Crippen molar-refractivity contribution in [2.45, 2.75) is 26.9 Å². The van der Waals surface area contributed by atoms with Crippen molar-refractivity contribution in [2.75, 3.05) is 0 Å². The largest absolute Gasteiger partial charge is 0.507 e. The van der Waals surface area contributed by atoms with Crippen molar-refractivity contribution in [1.29, 1.82) is 0 Å². The van der Waals surface area contributed by atoms with Crippen molar-refractivity contribution in [3.05, 3.63) is 29.3 Å². The molecule has 1 N–H and O–H groups in total. The fraction of sp³-hybridized carbons (Fsp3) is 0.417. The van der Waals surface area contributed by atoms with Crippen LogP contribution in [0.15, 0.2) is 18.2 Å². The number of alkyl halides is 3. The van der Waals surface area contributed by atoms with Crippen molar-refractivity contribution < 1.29 is 23.1 Å². The molecule has 0 aliphatic rings. The average molecular weight is 246 g/mol. The molecule has 0 aliphatic carbocycles. The zero-order chi connectivity index (χ0) is 13.4. The topological polar surface area (TPSA) is 37.3 Å². The summed E-state index contributed by atoms with van der Waals surface area (Å²) in [7, 11) is 0. The first-order chi connectivity index (χ1) is 7.53. The molecule has 94 valence electrons. The van der Waals surface area contributed by atoms with Gasteiger partial charge in [0.15, 0.2) is 5.78 Å². The second kappa shape index (κ2) is 4.05. The van der Waals surface area contributed by atoms with Gasteiger partial charge in [0, 0.05) is 5.41 Å². The first-order valence-corrected chi connectivity index (χ1v) is 4.98. The smallest absolute Gasteiger partial charge is 0.416 e. The number of halogens is 3. The van der Waals surface area contributed by atoms with E-state index in [1.54, 1.807) is 20.8 Å². The molecule has 0 atom stereocenters. The van der Waals surface area contributed by atoms with E-state index in [-0.39, 0.29) is 5.56 Å². The minimum atomic E-state index is -4.53. The predicted octanol–water partition coefficient (Wildman–Crippen LogP) is 3.64. The Hall–Kier alpha value is -1.52. The Morgan fingerprint density at radius 1 is 1.18 bits per heavy atom.